The van der Waals surface area contributed by atoms with E-state index in [1.165, 1.54) is 6.07 Å². The molecule has 1 aromatic carbocycles. The largest absolute Gasteiger partial charge is 0.383 e. The number of nitrogen functional groups attached to an aromatic ring is 1. The molecule has 0 saturated carbocycles. The smallest absolute Gasteiger partial charge is 0.173 e. The number of anilines is 1. The summed E-state index contributed by atoms with van der Waals surface area (Å²) in [4.78, 5) is 8.21. The lowest BCUT2D eigenvalue weighted by Crippen LogP contribution is -2.01. The van der Waals surface area contributed by atoms with E-state index in [-0.39, 0.29) is 16.1 Å². The first kappa shape index (κ1) is 13.4. The molecule has 0 aliphatic heterocycles. The molecular weight excluding hydrogens is 372 g/mol. The van der Waals surface area contributed by atoms with Crippen molar-refractivity contribution in [2.45, 2.75) is 6.92 Å². The lowest BCUT2D eigenvalue weighted by Gasteiger charge is -2.08. The number of halogens is 4. The average Bonchev–Trinajstić information content (AvgIpc) is 2.33. The fourth-order valence-corrected chi connectivity index (χ4v) is 2.08. The molecule has 94 valence electrons. The highest BCUT2D eigenvalue weighted by molar-refractivity contribution is 9.11. The van der Waals surface area contributed by atoms with Crippen molar-refractivity contribution in [3.63, 3.8) is 0 Å². The van der Waals surface area contributed by atoms with E-state index in [2.05, 4.69) is 41.8 Å². The summed E-state index contributed by atoms with van der Waals surface area (Å²) in [6.07, 6.45) is 0. The summed E-state index contributed by atoms with van der Waals surface area (Å²) >= 11 is 6.22. The quantitative estimate of drug-likeness (QED) is 0.767. The fraction of sp³-hybridized carbons (Fsp3) is 0.0909. The minimum atomic E-state index is -0.977. The van der Waals surface area contributed by atoms with Crippen LogP contribution in [0.4, 0.5) is 14.6 Å². The van der Waals surface area contributed by atoms with E-state index < -0.39 is 11.6 Å². The molecule has 7 heteroatoms. The zero-order chi connectivity index (χ0) is 13.4. The van der Waals surface area contributed by atoms with Crippen LogP contribution in [0.25, 0.3) is 11.4 Å². The molecule has 2 rings (SSSR count). The summed E-state index contributed by atoms with van der Waals surface area (Å²) in [7, 11) is 0. The van der Waals surface area contributed by atoms with Crippen LogP contribution in [0.3, 0.4) is 0 Å². The van der Waals surface area contributed by atoms with Crippen molar-refractivity contribution in [3.05, 3.63) is 38.4 Å². The molecule has 0 atom stereocenters. The number of rotatable bonds is 1. The summed E-state index contributed by atoms with van der Waals surface area (Å²) in [6.45, 7) is 1.74. The van der Waals surface area contributed by atoms with Gasteiger partial charge in [0.2, 0.25) is 0 Å². The van der Waals surface area contributed by atoms with Gasteiger partial charge in [0.1, 0.15) is 5.82 Å². The lowest BCUT2D eigenvalue weighted by atomic mass is 10.2. The molecule has 18 heavy (non-hydrogen) atoms. The summed E-state index contributed by atoms with van der Waals surface area (Å²) in [5, 5.41) is 0. The Hall–Kier alpha value is -1.08. The molecule has 1 aromatic heterocycles. The predicted molar refractivity (Wildman–Crippen MR) is 71.9 cm³/mol. The maximum absolute atomic E-state index is 13.4. The fourth-order valence-electron chi connectivity index (χ4n) is 1.40. The average molecular weight is 379 g/mol. The van der Waals surface area contributed by atoms with Gasteiger partial charge in [-0.15, -0.1) is 0 Å². The number of nitrogens with zero attached hydrogens (tertiary/aromatic N) is 2. The number of nitrogens with two attached hydrogens (primary N) is 1. The number of hydrogen-bond donors (Lipinski definition) is 1. The van der Waals surface area contributed by atoms with Gasteiger partial charge in [-0.25, -0.2) is 18.7 Å². The zero-order valence-electron chi connectivity index (χ0n) is 9.14. The van der Waals surface area contributed by atoms with Gasteiger partial charge in [-0.1, -0.05) is 0 Å². The number of aryl methyl sites for hydroxylation is 1. The minimum Gasteiger partial charge on any atom is -0.383 e. The normalized spacial score (nSPS) is 10.7. The molecule has 0 saturated heterocycles. The standard InChI is InChI=1S/C11H7Br2F2N3/c1-4-7(12)10(16)18-11(17-4)5-2-3-6(14)9(15)8(5)13/h2-3H,1H3,(H2,16,17,18). The molecule has 1 heterocycles. The Morgan fingerprint density at radius 3 is 2.39 bits per heavy atom. The van der Waals surface area contributed by atoms with Crippen LogP contribution in [-0.2, 0) is 0 Å². The molecule has 0 bridgehead atoms. The Balaban J connectivity index is 2.67. The molecule has 3 nitrogen and oxygen atoms in total. The summed E-state index contributed by atoms with van der Waals surface area (Å²) in [6, 6.07) is 2.41. The van der Waals surface area contributed by atoms with Crippen LogP contribution in [0.15, 0.2) is 21.1 Å². The highest BCUT2D eigenvalue weighted by Crippen LogP contribution is 2.31. The molecule has 0 fully saturated rings. The second-order valence-electron chi connectivity index (χ2n) is 3.55. The second-order valence-corrected chi connectivity index (χ2v) is 5.14. The van der Waals surface area contributed by atoms with E-state index in [9.17, 15) is 8.78 Å². The Morgan fingerprint density at radius 1 is 1.11 bits per heavy atom. The molecular formula is C11H7Br2F2N3. The topological polar surface area (TPSA) is 51.8 Å². The monoisotopic (exact) mass is 377 g/mol. The van der Waals surface area contributed by atoms with Gasteiger partial charge in [0.05, 0.1) is 14.6 Å². The lowest BCUT2D eigenvalue weighted by molar-refractivity contribution is 0.504. The van der Waals surface area contributed by atoms with Gasteiger partial charge in [0.25, 0.3) is 0 Å². The maximum atomic E-state index is 13.4. The van der Waals surface area contributed by atoms with Crippen LogP contribution in [0.5, 0.6) is 0 Å². The van der Waals surface area contributed by atoms with Gasteiger partial charge in [0, 0.05) is 5.56 Å². The van der Waals surface area contributed by atoms with E-state index in [0.717, 1.165) is 6.07 Å². The van der Waals surface area contributed by atoms with E-state index in [4.69, 9.17) is 5.73 Å². The van der Waals surface area contributed by atoms with Gasteiger partial charge < -0.3 is 5.73 Å². The van der Waals surface area contributed by atoms with E-state index >= 15 is 0 Å². The first-order valence-electron chi connectivity index (χ1n) is 4.85. The third-order valence-electron chi connectivity index (χ3n) is 2.32. The van der Waals surface area contributed by atoms with Crippen LogP contribution < -0.4 is 5.73 Å². The second kappa shape index (κ2) is 4.89. The summed E-state index contributed by atoms with van der Waals surface area (Å²) in [5.41, 5.74) is 6.66. The number of aromatic nitrogens is 2. The SMILES string of the molecule is Cc1nc(-c2ccc(F)c(F)c2Br)nc(N)c1Br. The molecule has 0 aliphatic carbocycles. The van der Waals surface area contributed by atoms with Crippen molar-refractivity contribution < 1.29 is 8.78 Å². The maximum Gasteiger partial charge on any atom is 0.173 e. The highest BCUT2D eigenvalue weighted by Gasteiger charge is 2.16. The van der Waals surface area contributed by atoms with Gasteiger partial charge in [0.15, 0.2) is 17.5 Å². The molecule has 2 N–H and O–H groups in total. The van der Waals surface area contributed by atoms with Crippen LogP contribution in [0, 0.1) is 18.6 Å². The minimum absolute atomic E-state index is 0.0244. The Kier molecular flexibility index (Phi) is 3.63. The molecule has 0 amide bonds. The Morgan fingerprint density at radius 2 is 1.78 bits per heavy atom. The van der Waals surface area contributed by atoms with Gasteiger partial charge >= 0.3 is 0 Å². The van der Waals surface area contributed by atoms with Crippen molar-refractivity contribution >= 4 is 37.7 Å². The van der Waals surface area contributed by atoms with Crippen LogP contribution in [0.2, 0.25) is 0 Å². The van der Waals surface area contributed by atoms with Gasteiger partial charge in [-0.05, 0) is 50.9 Å². The highest BCUT2D eigenvalue weighted by atomic mass is 79.9. The predicted octanol–water partition coefficient (Wildman–Crippen LogP) is 3.84. The van der Waals surface area contributed by atoms with E-state index in [1.807, 2.05) is 0 Å². The Bertz CT molecular complexity index is 609. The van der Waals surface area contributed by atoms with Crippen LogP contribution in [-0.4, -0.2) is 9.97 Å². The van der Waals surface area contributed by atoms with Crippen molar-refractivity contribution in [2.75, 3.05) is 5.73 Å². The van der Waals surface area contributed by atoms with E-state index in [1.54, 1.807) is 6.92 Å². The molecule has 0 aliphatic rings. The van der Waals surface area contributed by atoms with Crippen LogP contribution >= 0.6 is 31.9 Å². The van der Waals surface area contributed by atoms with Crippen molar-refractivity contribution in [1.29, 1.82) is 0 Å². The first-order valence-corrected chi connectivity index (χ1v) is 6.44. The van der Waals surface area contributed by atoms with E-state index in [0.29, 0.717) is 15.7 Å². The number of benzene rings is 1. The first-order chi connectivity index (χ1) is 8.41. The third-order valence-corrected chi connectivity index (χ3v) is 4.07. The van der Waals surface area contributed by atoms with Crippen LogP contribution in [0.1, 0.15) is 5.69 Å². The van der Waals surface area contributed by atoms with Crippen molar-refractivity contribution in [3.8, 4) is 11.4 Å². The zero-order valence-corrected chi connectivity index (χ0v) is 12.3. The van der Waals surface area contributed by atoms with Crippen molar-refractivity contribution in [2.24, 2.45) is 0 Å². The molecule has 0 unspecified atom stereocenters. The van der Waals surface area contributed by atoms with Crippen molar-refractivity contribution in [1.82, 2.24) is 9.97 Å². The van der Waals surface area contributed by atoms with Gasteiger partial charge in [-0.3, -0.25) is 0 Å². The Labute approximate surface area is 119 Å². The van der Waals surface area contributed by atoms with Gasteiger partial charge in [-0.2, -0.15) is 0 Å². The molecule has 2 aromatic rings. The molecule has 0 radical (unpaired) electrons. The number of hydrogen-bond acceptors (Lipinski definition) is 3. The summed E-state index contributed by atoms with van der Waals surface area (Å²) < 4.78 is 27.0. The third kappa shape index (κ3) is 2.24. The molecule has 0 spiro atoms. The summed E-state index contributed by atoms with van der Waals surface area (Å²) in [5.74, 6) is -1.43.